The Labute approximate surface area is 79.7 Å². The van der Waals surface area contributed by atoms with E-state index in [4.69, 9.17) is 11.6 Å². The van der Waals surface area contributed by atoms with Crippen LogP contribution in [0.15, 0.2) is 18.2 Å². The minimum absolute atomic E-state index is 0. The fourth-order valence-electron chi connectivity index (χ4n) is 0.414. The number of halogens is 2. The predicted molar refractivity (Wildman–Crippen MR) is 36.7 cm³/mol. The molecule has 0 saturated carbocycles. The second-order valence-electron chi connectivity index (χ2n) is 1.35. The van der Waals surface area contributed by atoms with Crippen LogP contribution in [0.3, 0.4) is 0 Å². The molecule has 0 saturated heterocycles. The van der Waals surface area contributed by atoms with Crippen molar-refractivity contribution in [2.24, 2.45) is 0 Å². The average molecular weight is 328 g/mol. The van der Waals surface area contributed by atoms with Gasteiger partial charge in [-0.05, 0) is 0 Å². The Balaban J connectivity index is 0. The maximum absolute atomic E-state index is 12.0. The zero-order valence-electron chi connectivity index (χ0n) is 5.40. The Morgan fingerprint density at radius 2 is 2.00 bits per heavy atom. The van der Waals surface area contributed by atoms with Crippen molar-refractivity contribution in [3.63, 3.8) is 0 Å². The van der Waals surface area contributed by atoms with Crippen LogP contribution in [0.4, 0.5) is 4.39 Å². The van der Waals surface area contributed by atoms with E-state index in [-0.39, 0.29) is 28.5 Å². The van der Waals surface area contributed by atoms with Crippen molar-refractivity contribution in [3.8, 4) is 0 Å². The molecule has 0 unspecified atom stereocenters. The molecule has 1 rings (SSSR count). The Kier molecular flexibility index (Phi) is 7.51. The molecule has 3 heteroatoms. The van der Waals surface area contributed by atoms with Gasteiger partial charge in [-0.15, -0.1) is 23.7 Å². The molecule has 0 amide bonds. The second kappa shape index (κ2) is 5.88. The van der Waals surface area contributed by atoms with E-state index in [1.54, 1.807) is 6.07 Å². The molecule has 0 aromatic heterocycles. The van der Waals surface area contributed by atoms with Crippen LogP contribution in [-0.2, 0) is 21.1 Å². The Morgan fingerprint density at radius 1 is 1.40 bits per heavy atom. The van der Waals surface area contributed by atoms with Crippen molar-refractivity contribution in [1.82, 2.24) is 0 Å². The first-order valence-corrected chi connectivity index (χ1v) is 2.50. The molecule has 0 heterocycles. The number of hydrogen-bond acceptors (Lipinski definition) is 0. The zero-order chi connectivity index (χ0) is 5.98. The van der Waals surface area contributed by atoms with Gasteiger partial charge in [-0.3, -0.25) is 0 Å². The van der Waals surface area contributed by atoms with Crippen LogP contribution < -0.4 is 0 Å². The minimum atomic E-state index is -0.419. The molecule has 10 heavy (non-hydrogen) atoms. The molecule has 0 spiro atoms. The number of rotatable bonds is 0. The summed E-state index contributed by atoms with van der Waals surface area (Å²) in [6, 6.07) is 6.68. The van der Waals surface area contributed by atoms with Crippen LogP contribution in [-0.4, -0.2) is 0 Å². The summed E-state index contributed by atoms with van der Waals surface area (Å²) in [7, 11) is 0. The SMILES string of the molecule is Fc1[c-]c(Cl)ccc1.[CH3-].[W+2]. The van der Waals surface area contributed by atoms with Gasteiger partial charge in [-0.1, -0.05) is 5.02 Å². The maximum atomic E-state index is 12.0. The normalized spacial score (nSPS) is 7.40. The summed E-state index contributed by atoms with van der Waals surface area (Å²) in [6.07, 6.45) is 0. The smallest absolute Gasteiger partial charge is 0.358 e. The van der Waals surface area contributed by atoms with Gasteiger partial charge in [-0.2, -0.15) is 12.1 Å². The molecule has 1 aromatic rings. The van der Waals surface area contributed by atoms with Crippen LogP contribution in [0, 0.1) is 19.3 Å². The van der Waals surface area contributed by atoms with Crippen LogP contribution in [0.1, 0.15) is 0 Å². The predicted octanol–water partition coefficient (Wildman–Crippen LogP) is 2.73. The Hall–Kier alpha value is 0.128. The fourth-order valence-corrected chi connectivity index (χ4v) is 0.577. The monoisotopic (exact) mass is 328 g/mol. The van der Waals surface area contributed by atoms with Gasteiger partial charge in [0.25, 0.3) is 0 Å². The van der Waals surface area contributed by atoms with E-state index >= 15 is 0 Å². The molecule has 0 atom stereocenters. The van der Waals surface area contributed by atoms with Crippen LogP contribution in [0.5, 0.6) is 0 Å². The summed E-state index contributed by atoms with van der Waals surface area (Å²) in [5, 5.41) is 0.310. The summed E-state index contributed by atoms with van der Waals surface area (Å²) in [4.78, 5) is 0. The van der Waals surface area contributed by atoms with Crippen LogP contribution in [0.2, 0.25) is 5.02 Å². The van der Waals surface area contributed by atoms with E-state index in [0.29, 0.717) is 5.02 Å². The maximum Gasteiger partial charge on any atom is 2.00 e. The summed E-state index contributed by atoms with van der Waals surface area (Å²) in [6.45, 7) is 0. The van der Waals surface area contributed by atoms with E-state index in [9.17, 15) is 4.39 Å². The third kappa shape index (κ3) is 4.03. The summed E-state index contributed by atoms with van der Waals surface area (Å²) >= 11 is 5.35. The van der Waals surface area contributed by atoms with Crippen molar-refractivity contribution >= 4 is 11.6 Å². The zero-order valence-corrected chi connectivity index (χ0v) is 9.09. The first-order valence-electron chi connectivity index (χ1n) is 2.12. The van der Waals surface area contributed by atoms with E-state index in [1.165, 1.54) is 12.1 Å². The van der Waals surface area contributed by atoms with E-state index in [0.717, 1.165) is 0 Å². The fraction of sp³-hybridized carbons (Fsp3) is 0. The van der Waals surface area contributed by atoms with E-state index in [2.05, 4.69) is 6.07 Å². The third-order valence-corrected chi connectivity index (χ3v) is 0.944. The van der Waals surface area contributed by atoms with Crippen molar-refractivity contribution in [3.05, 3.63) is 42.5 Å². The van der Waals surface area contributed by atoms with Crippen molar-refractivity contribution in [2.45, 2.75) is 0 Å². The molecule has 54 valence electrons. The van der Waals surface area contributed by atoms with Gasteiger partial charge in [0.1, 0.15) is 0 Å². The summed E-state index contributed by atoms with van der Waals surface area (Å²) in [5.41, 5.74) is 0. The third-order valence-electron chi connectivity index (χ3n) is 0.724. The molecule has 0 radical (unpaired) electrons. The minimum Gasteiger partial charge on any atom is -0.358 e. The molecule has 1 aromatic carbocycles. The second-order valence-corrected chi connectivity index (χ2v) is 1.75. The molecule has 0 nitrogen and oxygen atoms in total. The quantitative estimate of drug-likeness (QED) is 0.643. The first-order chi connectivity index (χ1) is 3.79. The van der Waals surface area contributed by atoms with Crippen LogP contribution >= 0.6 is 11.6 Å². The van der Waals surface area contributed by atoms with Crippen LogP contribution in [0.25, 0.3) is 0 Å². The topological polar surface area (TPSA) is 0 Å². The van der Waals surface area contributed by atoms with Crippen molar-refractivity contribution in [1.29, 1.82) is 0 Å². The molecule has 0 aliphatic carbocycles. The van der Waals surface area contributed by atoms with Gasteiger partial charge >= 0.3 is 21.1 Å². The largest absolute Gasteiger partial charge is 2.00 e. The molecule has 0 bridgehead atoms. The van der Waals surface area contributed by atoms with Gasteiger partial charge in [0.05, 0.1) is 0 Å². The van der Waals surface area contributed by atoms with Gasteiger partial charge in [0, 0.05) is 5.82 Å². The molecular formula is C7H6ClFW. The Morgan fingerprint density at radius 3 is 2.30 bits per heavy atom. The Bertz CT molecular complexity index is 173. The molecule has 0 aliphatic heterocycles. The van der Waals surface area contributed by atoms with E-state index in [1.807, 2.05) is 0 Å². The molecular weight excluding hydrogens is 322 g/mol. The van der Waals surface area contributed by atoms with Crippen molar-refractivity contribution in [2.75, 3.05) is 0 Å². The average Bonchev–Trinajstić information content (AvgIpc) is 1.64. The summed E-state index contributed by atoms with van der Waals surface area (Å²) < 4.78 is 12.0. The first kappa shape index (κ1) is 12.8. The van der Waals surface area contributed by atoms with Gasteiger partial charge in [0.2, 0.25) is 0 Å². The number of benzene rings is 1. The van der Waals surface area contributed by atoms with Crippen molar-refractivity contribution < 1.29 is 25.5 Å². The molecule has 0 N–H and O–H groups in total. The van der Waals surface area contributed by atoms with E-state index < -0.39 is 5.82 Å². The number of hydrogen-bond donors (Lipinski definition) is 0. The molecule has 0 aliphatic rings. The van der Waals surface area contributed by atoms with Gasteiger partial charge in [-0.25, -0.2) is 4.39 Å². The molecule has 0 fully saturated rings. The summed E-state index contributed by atoms with van der Waals surface area (Å²) in [5.74, 6) is -0.419. The standard InChI is InChI=1S/C6H3ClF.CH3.W/c7-5-2-1-3-6(8)4-5;;/h1-3H;1H3;/q2*-1;+2. The van der Waals surface area contributed by atoms with Gasteiger partial charge in [0.15, 0.2) is 0 Å². The van der Waals surface area contributed by atoms with Gasteiger partial charge < -0.3 is 7.43 Å².